The Morgan fingerprint density at radius 3 is 2.68 bits per heavy atom. The summed E-state index contributed by atoms with van der Waals surface area (Å²) in [6.45, 7) is 5.45. The monoisotopic (exact) mass is 265 g/mol. The predicted octanol–water partition coefficient (Wildman–Crippen LogP) is 2.01. The van der Waals surface area contributed by atoms with Crippen LogP contribution in [-0.4, -0.2) is 27.0 Å². The molecule has 1 saturated carbocycles. The highest BCUT2D eigenvalue weighted by atomic mass is 16.3. The summed E-state index contributed by atoms with van der Waals surface area (Å²) in [5.41, 5.74) is 2.25. The number of hydrogen-bond donors (Lipinski definition) is 2. The van der Waals surface area contributed by atoms with Gasteiger partial charge in [0.15, 0.2) is 0 Å². The van der Waals surface area contributed by atoms with Gasteiger partial charge in [0.2, 0.25) is 0 Å². The minimum atomic E-state index is -0.0802. The fourth-order valence-corrected chi connectivity index (χ4v) is 2.89. The highest BCUT2D eigenvalue weighted by molar-refractivity contribution is 5.10. The molecule has 0 aliphatic heterocycles. The molecule has 108 valence electrons. The molecule has 19 heavy (non-hydrogen) atoms. The molecule has 0 saturated heterocycles. The Hall–Kier alpha value is -0.870. The molecule has 1 aromatic heterocycles. The maximum absolute atomic E-state index is 9.74. The number of aromatic nitrogens is 2. The number of nitrogens with zero attached hydrogens (tertiary/aromatic N) is 2. The third-order valence-corrected chi connectivity index (χ3v) is 4.57. The standard InChI is InChI=1S/C15H27N3O/c1-4-13-9-14(18(3)17-13)10-16-15(11-19)7-5-12(2)6-8-15/h9,12,16,19H,4-8,10-11H2,1-3H3. The number of aryl methyl sites for hydroxylation is 2. The number of aliphatic hydroxyl groups excluding tert-OH is 1. The zero-order valence-corrected chi connectivity index (χ0v) is 12.4. The van der Waals surface area contributed by atoms with E-state index < -0.39 is 0 Å². The van der Waals surface area contributed by atoms with Crippen LogP contribution in [0.15, 0.2) is 6.07 Å². The normalized spacial score (nSPS) is 27.7. The average molecular weight is 265 g/mol. The second-order valence-electron chi connectivity index (χ2n) is 6.08. The summed E-state index contributed by atoms with van der Waals surface area (Å²) >= 11 is 0. The lowest BCUT2D eigenvalue weighted by Crippen LogP contribution is -2.50. The van der Waals surface area contributed by atoms with Gasteiger partial charge in [-0.05, 0) is 44.1 Å². The summed E-state index contributed by atoms with van der Waals surface area (Å²) in [6, 6.07) is 2.16. The van der Waals surface area contributed by atoms with Gasteiger partial charge in [0.25, 0.3) is 0 Å². The third-order valence-electron chi connectivity index (χ3n) is 4.57. The van der Waals surface area contributed by atoms with Crippen LogP contribution in [0.2, 0.25) is 0 Å². The Kier molecular flexibility index (Phi) is 4.63. The minimum Gasteiger partial charge on any atom is -0.394 e. The lowest BCUT2D eigenvalue weighted by atomic mass is 9.77. The van der Waals surface area contributed by atoms with E-state index in [1.54, 1.807) is 0 Å². The fourth-order valence-electron chi connectivity index (χ4n) is 2.89. The van der Waals surface area contributed by atoms with Crippen LogP contribution < -0.4 is 5.32 Å². The molecule has 2 rings (SSSR count). The van der Waals surface area contributed by atoms with Gasteiger partial charge in [0.1, 0.15) is 0 Å². The molecule has 1 heterocycles. The van der Waals surface area contributed by atoms with Crippen molar-refractivity contribution in [2.45, 2.75) is 58.0 Å². The van der Waals surface area contributed by atoms with E-state index in [2.05, 4.69) is 30.3 Å². The van der Waals surface area contributed by atoms with Gasteiger partial charge in [-0.3, -0.25) is 4.68 Å². The summed E-state index contributed by atoms with van der Waals surface area (Å²) in [7, 11) is 1.99. The summed E-state index contributed by atoms with van der Waals surface area (Å²) in [5.74, 6) is 0.796. The Morgan fingerprint density at radius 2 is 2.16 bits per heavy atom. The van der Waals surface area contributed by atoms with E-state index >= 15 is 0 Å². The van der Waals surface area contributed by atoms with Crippen molar-refractivity contribution >= 4 is 0 Å². The van der Waals surface area contributed by atoms with Gasteiger partial charge >= 0.3 is 0 Å². The van der Waals surface area contributed by atoms with Crippen molar-refractivity contribution in [3.8, 4) is 0 Å². The molecule has 0 amide bonds. The van der Waals surface area contributed by atoms with Gasteiger partial charge in [-0.1, -0.05) is 13.8 Å². The second-order valence-corrected chi connectivity index (χ2v) is 6.08. The molecule has 0 spiro atoms. The van der Waals surface area contributed by atoms with Crippen molar-refractivity contribution in [2.75, 3.05) is 6.61 Å². The van der Waals surface area contributed by atoms with Gasteiger partial charge in [0, 0.05) is 19.1 Å². The van der Waals surface area contributed by atoms with Crippen LogP contribution in [0.3, 0.4) is 0 Å². The Bertz CT molecular complexity index is 406. The highest BCUT2D eigenvalue weighted by Crippen LogP contribution is 2.31. The van der Waals surface area contributed by atoms with Crippen LogP contribution in [0.4, 0.5) is 0 Å². The van der Waals surface area contributed by atoms with Crippen molar-refractivity contribution in [2.24, 2.45) is 13.0 Å². The van der Waals surface area contributed by atoms with Crippen molar-refractivity contribution in [3.63, 3.8) is 0 Å². The predicted molar refractivity (Wildman–Crippen MR) is 76.9 cm³/mol. The molecule has 4 heteroatoms. The largest absolute Gasteiger partial charge is 0.394 e. The van der Waals surface area contributed by atoms with E-state index in [-0.39, 0.29) is 12.1 Å². The maximum atomic E-state index is 9.74. The van der Waals surface area contributed by atoms with E-state index in [1.807, 2.05) is 11.7 Å². The minimum absolute atomic E-state index is 0.0802. The van der Waals surface area contributed by atoms with Gasteiger partial charge in [-0.2, -0.15) is 5.10 Å². The zero-order chi connectivity index (χ0) is 13.9. The van der Waals surface area contributed by atoms with E-state index in [0.717, 1.165) is 37.4 Å². The maximum Gasteiger partial charge on any atom is 0.0625 e. The summed E-state index contributed by atoms with van der Waals surface area (Å²) in [6.07, 6.45) is 5.53. The quantitative estimate of drug-likeness (QED) is 0.856. The molecule has 1 aliphatic rings. The third kappa shape index (κ3) is 3.37. The molecule has 0 radical (unpaired) electrons. The molecule has 1 fully saturated rings. The Balaban J connectivity index is 1.97. The van der Waals surface area contributed by atoms with Crippen LogP contribution in [-0.2, 0) is 20.0 Å². The lowest BCUT2D eigenvalue weighted by molar-refractivity contribution is 0.103. The molecule has 1 aromatic rings. The first kappa shape index (κ1) is 14.5. The first-order chi connectivity index (χ1) is 9.08. The molecule has 0 unspecified atom stereocenters. The lowest BCUT2D eigenvalue weighted by Gasteiger charge is -2.39. The molecular weight excluding hydrogens is 238 g/mol. The first-order valence-electron chi connectivity index (χ1n) is 7.46. The summed E-state index contributed by atoms with van der Waals surface area (Å²) < 4.78 is 1.95. The zero-order valence-electron chi connectivity index (χ0n) is 12.4. The molecular formula is C15H27N3O. The Morgan fingerprint density at radius 1 is 1.47 bits per heavy atom. The molecule has 2 N–H and O–H groups in total. The van der Waals surface area contributed by atoms with Crippen molar-refractivity contribution < 1.29 is 5.11 Å². The molecule has 4 nitrogen and oxygen atoms in total. The number of aliphatic hydroxyl groups is 1. The topological polar surface area (TPSA) is 50.1 Å². The first-order valence-corrected chi connectivity index (χ1v) is 7.46. The van der Waals surface area contributed by atoms with E-state index in [9.17, 15) is 5.11 Å². The van der Waals surface area contributed by atoms with Gasteiger partial charge in [-0.25, -0.2) is 0 Å². The van der Waals surface area contributed by atoms with Gasteiger partial charge in [0.05, 0.1) is 18.0 Å². The highest BCUT2D eigenvalue weighted by Gasteiger charge is 2.33. The van der Waals surface area contributed by atoms with Crippen LogP contribution >= 0.6 is 0 Å². The summed E-state index contributed by atoms with van der Waals surface area (Å²) in [5, 5.41) is 17.8. The number of hydrogen-bond acceptors (Lipinski definition) is 3. The number of nitrogens with one attached hydrogen (secondary N) is 1. The van der Waals surface area contributed by atoms with Crippen LogP contribution in [0.25, 0.3) is 0 Å². The molecule has 0 atom stereocenters. The average Bonchev–Trinajstić information content (AvgIpc) is 2.79. The molecule has 1 aliphatic carbocycles. The van der Waals surface area contributed by atoms with Crippen molar-refractivity contribution in [1.82, 2.24) is 15.1 Å². The van der Waals surface area contributed by atoms with E-state index in [4.69, 9.17) is 0 Å². The van der Waals surface area contributed by atoms with Gasteiger partial charge in [-0.15, -0.1) is 0 Å². The van der Waals surface area contributed by atoms with Crippen LogP contribution in [0.1, 0.15) is 50.9 Å². The van der Waals surface area contributed by atoms with E-state index in [0.29, 0.717) is 0 Å². The van der Waals surface area contributed by atoms with Crippen molar-refractivity contribution in [3.05, 3.63) is 17.5 Å². The number of rotatable bonds is 5. The van der Waals surface area contributed by atoms with E-state index in [1.165, 1.54) is 18.5 Å². The van der Waals surface area contributed by atoms with Crippen molar-refractivity contribution in [1.29, 1.82) is 0 Å². The van der Waals surface area contributed by atoms with Crippen LogP contribution in [0.5, 0.6) is 0 Å². The van der Waals surface area contributed by atoms with Gasteiger partial charge < -0.3 is 10.4 Å². The van der Waals surface area contributed by atoms with Crippen LogP contribution in [0, 0.1) is 5.92 Å². The molecule has 0 aromatic carbocycles. The smallest absolute Gasteiger partial charge is 0.0625 e. The summed E-state index contributed by atoms with van der Waals surface area (Å²) in [4.78, 5) is 0. The SMILES string of the molecule is CCc1cc(CNC2(CO)CCC(C)CC2)n(C)n1. The second kappa shape index (κ2) is 6.06. The Labute approximate surface area is 116 Å². The fraction of sp³-hybridized carbons (Fsp3) is 0.800. The molecule has 0 bridgehead atoms.